The number of hydrogen-bond acceptors (Lipinski definition) is 4. The Bertz CT molecular complexity index is 1050. The van der Waals surface area contributed by atoms with E-state index >= 15 is 0 Å². The minimum absolute atomic E-state index is 0.140. The average molecular weight is 410 g/mol. The van der Waals surface area contributed by atoms with Gasteiger partial charge in [-0.05, 0) is 30.2 Å². The Hall–Kier alpha value is -2.96. The number of sulfonamides is 1. The number of nitrogens with one attached hydrogen (secondary N) is 1. The zero-order valence-electron chi connectivity index (χ0n) is 16.3. The van der Waals surface area contributed by atoms with Gasteiger partial charge in [0.1, 0.15) is 5.92 Å². The van der Waals surface area contributed by atoms with Crippen molar-refractivity contribution in [2.75, 3.05) is 7.11 Å². The Morgan fingerprint density at radius 2 is 1.34 bits per heavy atom. The monoisotopic (exact) mass is 409 g/mol. The van der Waals surface area contributed by atoms with Crippen LogP contribution in [0.1, 0.15) is 28.7 Å². The highest BCUT2D eigenvalue weighted by Gasteiger charge is 2.35. The van der Waals surface area contributed by atoms with Crippen molar-refractivity contribution in [3.63, 3.8) is 0 Å². The molecule has 0 aliphatic carbocycles. The Labute approximate surface area is 171 Å². The van der Waals surface area contributed by atoms with Crippen LogP contribution in [0.2, 0.25) is 0 Å². The van der Waals surface area contributed by atoms with Gasteiger partial charge in [0.05, 0.1) is 18.0 Å². The highest BCUT2D eigenvalue weighted by Crippen LogP contribution is 2.33. The summed E-state index contributed by atoms with van der Waals surface area (Å²) in [7, 11) is -2.58. The lowest BCUT2D eigenvalue weighted by Crippen LogP contribution is -2.36. The van der Waals surface area contributed by atoms with Gasteiger partial charge in [-0.15, -0.1) is 0 Å². The SMILES string of the molecule is COC(=O)C(c1ccccc1)C(NS(=O)(=O)c1ccc(C)cc1)c1ccccc1. The molecule has 29 heavy (non-hydrogen) atoms. The predicted octanol–water partition coefficient (Wildman–Crippen LogP) is 3.97. The molecule has 0 saturated heterocycles. The zero-order chi connectivity index (χ0) is 20.9. The molecule has 2 atom stereocenters. The van der Waals surface area contributed by atoms with Gasteiger partial charge in [-0.2, -0.15) is 0 Å². The van der Waals surface area contributed by atoms with E-state index < -0.39 is 28.0 Å². The molecule has 1 N–H and O–H groups in total. The minimum atomic E-state index is -3.88. The number of carbonyl (C=O) groups is 1. The maximum absolute atomic E-state index is 13.1. The summed E-state index contributed by atoms with van der Waals surface area (Å²) in [6.45, 7) is 1.89. The number of rotatable bonds is 7. The predicted molar refractivity (Wildman–Crippen MR) is 112 cm³/mol. The number of benzene rings is 3. The Morgan fingerprint density at radius 3 is 1.86 bits per heavy atom. The molecule has 0 aliphatic rings. The molecule has 3 aromatic rings. The summed E-state index contributed by atoms with van der Waals surface area (Å²) in [5.74, 6) is -1.36. The number of carbonyl (C=O) groups excluding carboxylic acids is 1. The summed E-state index contributed by atoms with van der Waals surface area (Å²) in [5, 5.41) is 0. The first-order chi connectivity index (χ1) is 13.9. The van der Waals surface area contributed by atoms with Crippen molar-refractivity contribution < 1.29 is 17.9 Å². The van der Waals surface area contributed by atoms with Crippen molar-refractivity contribution in [3.05, 3.63) is 102 Å². The molecular weight excluding hydrogens is 386 g/mol. The third kappa shape index (κ3) is 4.91. The molecule has 0 fully saturated rings. The van der Waals surface area contributed by atoms with E-state index in [4.69, 9.17) is 4.74 Å². The largest absolute Gasteiger partial charge is 0.468 e. The van der Waals surface area contributed by atoms with Gasteiger partial charge >= 0.3 is 5.97 Å². The van der Waals surface area contributed by atoms with Crippen LogP contribution < -0.4 is 4.72 Å². The lowest BCUT2D eigenvalue weighted by atomic mass is 9.87. The second-order valence-electron chi connectivity index (χ2n) is 6.73. The molecule has 0 amide bonds. The van der Waals surface area contributed by atoms with Crippen LogP contribution in [-0.4, -0.2) is 21.5 Å². The summed E-state index contributed by atoms with van der Waals surface area (Å²) in [4.78, 5) is 12.9. The Morgan fingerprint density at radius 1 is 0.828 bits per heavy atom. The fraction of sp³-hybridized carbons (Fsp3) is 0.174. The van der Waals surface area contributed by atoms with Crippen LogP contribution >= 0.6 is 0 Å². The van der Waals surface area contributed by atoms with Gasteiger partial charge in [0.15, 0.2) is 0 Å². The molecule has 0 aromatic heterocycles. The Kier molecular flexibility index (Phi) is 6.46. The molecule has 0 saturated carbocycles. The molecule has 150 valence electrons. The molecule has 3 aromatic carbocycles. The third-order valence-corrected chi connectivity index (χ3v) is 6.18. The van der Waals surface area contributed by atoms with Crippen LogP contribution in [0.5, 0.6) is 0 Å². The number of hydrogen-bond donors (Lipinski definition) is 1. The van der Waals surface area contributed by atoms with E-state index in [1.54, 1.807) is 48.5 Å². The van der Waals surface area contributed by atoms with Crippen molar-refractivity contribution in [3.8, 4) is 0 Å². The molecule has 0 spiro atoms. The number of ether oxygens (including phenoxy) is 1. The van der Waals surface area contributed by atoms with Gasteiger partial charge in [0.2, 0.25) is 10.0 Å². The van der Waals surface area contributed by atoms with Crippen LogP contribution in [0.4, 0.5) is 0 Å². The third-order valence-electron chi connectivity index (χ3n) is 4.72. The first kappa shape index (κ1) is 20.8. The number of methoxy groups -OCH3 is 1. The van der Waals surface area contributed by atoms with Gasteiger partial charge in [-0.25, -0.2) is 13.1 Å². The number of aryl methyl sites for hydroxylation is 1. The quantitative estimate of drug-likeness (QED) is 0.599. The van der Waals surface area contributed by atoms with Gasteiger partial charge in [-0.3, -0.25) is 4.79 Å². The van der Waals surface area contributed by atoms with E-state index in [0.29, 0.717) is 11.1 Å². The second-order valence-corrected chi connectivity index (χ2v) is 8.45. The minimum Gasteiger partial charge on any atom is -0.468 e. The normalized spacial score (nSPS) is 13.4. The maximum Gasteiger partial charge on any atom is 0.315 e. The van der Waals surface area contributed by atoms with Gasteiger partial charge in [0, 0.05) is 0 Å². The molecule has 2 unspecified atom stereocenters. The van der Waals surface area contributed by atoms with Crippen molar-refractivity contribution >= 4 is 16.0 Å². The molecule has 0 bridgehead atoms. The smallest absolute Gasteiger partial charge is 0.315 e. The molecule has 3 rings (SSSR count). The van der Waals surface area contributed by atoms with Crippen molar-refractivity contribution in [1.29, 1.82) is 0 Å². The van der Waals surface area contributed by atoms with Gasteiger partial charge < -0.3 is 4.74 Å². The highest BCUT2D eigenvalue weighted by molar-refractivity contribution is 7.89. The molecule has 0 radical (unpaired) electrons. The first-order valence-electron chi connectivity index (χ1n) is 9.19. The fourth-order valence-corrected chi connectivity index (χ4v) is 4.43. The van der Waals surface area contributed by atoms with E-state index in [-0.39, 0.29) is 4.90 Å². The van der Waals surface area contributed by atoms with Crippen LogP contribution in [0.25, 0.3) is 0 Å². The van der Waals surface area contributed by atoms with Crippen LogP contribution in [0, 0.1) is 6.92 Å². The van der Waals surface area contributed by atoms with Crippen molar-refractivity contribution in [2.24, 2.45) is 0 Å². The topological polar surface area (TPSA) is 72.5 Å². The van der Waals surface area contributed by atoms with Crippen LogP contribution in [-0.2, 0) is 19.6 Å². The number of esters is 1. The van der Waals surface area contributed by atoms with E-state index in [1.165, 1.54) is 7.11 Å². The standard InChI is InChI=1S/C23H23NO4S/c1-17-13-15-20(16-14-17)29(26,27)24-22(19-11-7-4-8-12-19)21(23(25)28-2)18-9-5-3-6-10-18/h3-16,21-22,24H,1-2H3. The Balaban J connectivity index is 2.09. The van der Waals surface area contributed by atoms with Crippen molar-refractivity contribution in [2.45, 2.75) is 23.8 Å². The highest BCUT2D eigenvalue weighted by atomic mass is 32.2. The second kappa shape index (κ2) is 9.03. The van der Waals surface area contributed by atoms with E-state index in [1.807, 2.05) is 43.3 Å². The lowest BCUT2D eigenvalue weighted by molar-refractivity contribution is -0.143. The summed E-state index contributed by atoms with van der Waals surface area (Å²) in [6, 6.07) is 23.8. The van der Waals surface area contributed by atoms with Crippen molar-refractivity contribution in [1.82, 2.24) is 4.72 Å². The molecule has 6 heteroatoms. The van der Waals surface area contributed by atoms with Crippen LogP contribution in [0.3, 0.4) is 0 Å². The molecule has 5 nitrogen and oxygen atoms in total. The van der Waals surface area contributed by atoms with E-state index in [0.717, 1.165) is 5.56 Å². The average Bonchev–Trinajstić information content (AvgIpc) is 2.74. The summed E-state index contributed by atoms with van der Waals surface area (Å²) in [5.41, 5.74) is 2.29. The zero-order valence-corrected chi connectivity index (χ0v) is 17.1. The fourth-order valence-electron chi connectivity index (χ4n) is 3.19. The van der Waals surface area contributed by atoms with Gasteiger partial charge in [0.25, 0.3) is 0 Å². The summed E-state index contributed by atoms with van der Waals surface area (Å²) >= 11 is 0. The molecular formula is C23H23NO4S. The van der Waals surface area contributed by atoms with E-state index in [2.05, 4.69) is 4.72 Å². The molecule has 0 heterocycles. The maximum atomic E-state index is 13.1. The first-order valence-corrected chi connectivity index (χ1v) is 10.7. The van der Waals surface area contributed by atoms with Crippen LogP contribution in [0.15, 0.2) is 89.8 Å². The summed E-state index contributed by atoms with van der Waals surface area (Å²) < 4.78 is 34.0. The summed E-state index contributed by atoms with van der Waals surface area (Å²) in [6.07, 6.45) is 0. The lowest BCUT2D eigenvalue weighted by Gasteiger charge is -2.27. The van der Waals surface area contributed by atoms with Gasteiger partial charge in [-0.1, -0.05) is 78.4 Å². The molecule has 0 aliphatic heterocycles. The van der Waals surface area contributed by atoms with E-state index in [9.17, 15) is 13.2 Å².